The lowest BCUT2D eigenvalue weighted by Gasteiger charge is -2.35. The molecule has 22 heavy (non-hydrogen) atoms. The molecule has 1 fully saturated rings. The highest BCUT2D eigenvalue weighted by atomic mass is 16.7. The summed E-state index contributed by atoms with van der Waals surface area (Å²) < 4.78 is 5.47. The number of rotatable bonds is 4. The molecule has 5 heteroatoms. The second kappa shape index (κ2) is 5.99. The number of aliphatic imine (C=N–C) groups is 1. The number of nitrogens with zero attached hydrogens (tertiary/aromatic N) is 2. The quantitative estimate of drug-likeness (QED) is 0.927. The van der Waals surface area contributed by atoms with Crippen LogP contribution < -0.4 is 5.48 Å². The predicted molar refractivity (Wildman–Crippen MR) is 86.4 cm³/mol. The number of likely N-dealkylation sites (tertiary alicyclic amines) is 1. The molecule has 120 valence electrons. The Labute approximate surface area is 132 Å². The molecule has 0 radical (unpaired) electrons. The van der Waals surface area contributed by atoms with E-state index in [0.29, 0.717) is 0 Å². The van der Waals surface area contributed by atoms with Crippen molar-refractivity contribution in [2.75, 3.05) is 20.2 Å². The van der Waals surface area contributed by atoms with Gasteiger partial charge in [-0.25, -0.2) is 15.3 Å². The minimum atomic E-state index is -0.440. The Balaban J connectivity index is 1.60. The van der Waals surface area contributed by atoms with E-state index < -0.39 is 11.3 Å². The number of hydrogen-bond acceptors (Lipinski definition) is 5. The van der Waals surface area contributed by atoms with Crippen LogP contribution in [0.4, 0.5) is 0 Å². The number of nitrogens with one attached hydrogen (secondary N) is 1. The van der Waals surface area contributed by atoms with Crippen LogP contribution in [0.1, 0.15) is 32.3 Å². The van der Waals surface area contributed by atoms with Crippen LogP contribution in [0.25, 0.3) is 0 Å². The van der Waals surface area contributed by atoms with Crippen molar-refractivity contribution in [2.45, 2.75) is 44.6 Å². The molecule has 1 N–H and O–H groups in total. The zero-order chi connectivity index (χ0) is 15.6. The van der Waals surface area contributed by atoms with E-state index in [4.69, 9.17) is 14.6 Å². The van der Waals surface area contributed by atoms with Crippen LogP contribution in [0.2, 0.25) is 0 Å². The van der Waals surface area contributed by atoms with Gasteiger partial charge in [-0.05, 0) is 19.4 Å². The Morgan fingerprint density at radius 2 is 1.95 bits per heavy atom. The molecule has 0 unspecified atom stereocenters. The monoisotopic (exact) mass is 303 g/mol. The van der Waals surface area contributed by atoms with E-state index in [1.165, 1.54) is 5.56 Å². The van der Waals surface area contributed by atoms with Gasteiger partial charge in [-0.15, -0.1) is 0 Å². The molecule has 0 aromatic heterocycles. The van der Waals surface area contributed by atoms with E-state index in [1.54, 1.807) is 7.11 Å². The maximum Gasteiger partial charge on any atom is 0.189 e. The van der Waals surface area contributed by atoms with Crippen molar-refractivity contribution in [3.63, 3.8) is 0 Å². The molecule has 0 bridgehead atoms. The summed E-state index contributed by atoms with van der Waals surface area (Å²) in [5, 5.41) is 0. The van der Waals surface area contributed by atoms with Crippen molar-refractivity contribution in [3.05, 3.63) is 35.9 Å². The van der Waals surface area contributed by atoms with Crippen LogP contribution in [0.15, 0.2) is 35.3 Å². The van der Waals surface area contributed by atoms with Gasteiger partial charge >= 0.3 is 0 Å². The van der Waals surface area contributed by atoms with E-state index in [-0.39, 0.29) is 0 Å². The summed E-state index contributed by atoms with van der Waals surface area (Å²) in [6.07, 6.45) is 1.80. The molecule has 1 aromatic carbocycles. The van der Waals surface area contributed by atoms with Gasteiger partial charge in [0.1, 0.15) is 5.60 Å². The van der Waals surface area contributed by atoms with Gasteiger partial charge in [-0.1, -0.05) is 30.3 Å². The lowest BCUT2D eigenvalue weighted by atomic mass is 10.00. The first kappa shape index (κ1) is 15.5. The number of ether oxygens (including phenoxy) is 1. The highest BCUT2D eigenvalue weighted by molar-refractivity contribution is 5.90. The first-order valence-corrected chi connectivity index (χ1v) is 7.89. The Morgan fingerprint density at radius 3 is 2.59 bits per heavy atom. The molecule has 1 aromatic rings. The predicted octanol–water partition coefficient (Wildman–Crippen LogP) is 2.34. The maximum absolute atomic E-state index is 5.82. The van der Waals surface area contributed by atoms with Crippen molar-refractivity contribution in [3.8, 4) is 0 Å². The van der Waals surface area contributed by atoms with E-state index in [0.717, 1.165) is 38.3 Å². The molecule has 1 spiro atoms. The highest BCUT2D eigenvalue weighted by Gasteiger charge is 2.43. The van der Waals surface area contributed by atoms with Crippen LogP contribution in [0.3, 0.4) is 0 Å². The number of amidine groups is 1. The van der Waals surface area contributed by atoms with Crippen LogP contribution >= 0.6 is 0 Å². The first-order valence-electron chi connectivity index (χ1n) is 7.89. The fraction of sp³-hybridized carbons (Fsp3) is 0.588. The molecule has 2 aliphatic rings. The molecule has 0 amide bonds. The number of benzene rings is 1. The SMILES string of the molecule is COC(C)(C)C1=NC2(CCN(Cc3ccccc3)CC2)ON1. The Morgan fingerprint density at radius 1 is 1.27 bits per heavy atom. The molecule has 5 nitrogen and oxygen atoms in total. The van der Waals surface area contributed by atoms with Crippen LogP contribution in [-0.4, -0.2) is 42.3 Å². The first-order chi connectivity index (χ1) is 10.5. The Hall–Kier alpha value is -1.43. The van der Waals surface area contributed by atoms with E-state index >= 15 is 0 Å². The molecule has 3 rings (SSSR count). The van der Waals surface area contributed by atoms with Gasteiger partial charge in [0.15, 0.2) is 11.6 Å². The van der Waals surface area contributed by atoms with Gasteiger partial charge in [0, 0.05) is 39.6 Å². The van der Waals surface area contributed by atoms with Crippen molar-refractivity contribution >= 4 is 5.84 Å². The summed E-state index contributed by atoms with van der Waals surface area (Å²) in [4.78, 5) is 13.1. The fourth-order valence-electron chi connectivity index (χ4n) is 2.86. The lowest BCUT2D eigenvalue weighted by molar-refractivity contribution is -0.0917. The van der Waals surface area contributed by atoms with Gasteiger partial charge < -0.3 is 4.74 Å². The number of hydroxylamine groups is 1. The summed E-state index contributed by atoms with van der Waals surface area (Å²) in [5.74, 6) is 0.784. The molecular formula is C17H25N3O2. The zero-order valence-corrected chi connectivity index (χ0v) is 13.6. The summed E-state index contributed by atoms with van der Waals surface area (Å²) in [7, 11) is 1.69. The van der Waals surface area contributed by atoms with Crippen molar-refractivity contribution in [2.24, 2.45) is 4.99 Å². The second-order valence-corrected chi connectivity index (χ2v) is 6.59. The molecule has 1 saturated heterocycles. The summed E-state index contributed by atoms with van der Waals surface area (Å²) >= 11 is 0. The van der Waals surface area contributed by atoms with Crippen molar-refractivity contribution in [1.82, 2.24) is 10.4 Å². The van der Waals surface area contributed by atoms with Gasteiger partial charge in [-0.3, -0.25) is 4.90 Å². The van der Waals surface area contributed by atoms with Crippen LogP contribution in [0, 0.1) is 0 Å². The molecule has 2 aliphatic heterocycles. The molecular weight excluding hydrogens is 278 g/mol. The highest BCUT2D eigenvalue weighted by Crippen LogP contribution is 2.32. The topological polar surface area (TPSA) is 46.1 Å². The third-order valence-corrected chi connectivity index (χ3v) is 4.62. The second-order valence-electron chi connectivity index (χ2n) is 6.59. The van der Waals surface area contributed by atoms with Gasteiger partial charge in [0.2, 0.25) is 0 Å². The molecule has 0 saturated carbocycles. The smallest absolute Gasteiger partial charge is 0.189 e. The third kappa shape index (κ3) is 3.16. The Kier molecular flexibility index (Phi) is 4.21. The molecule has 0 aliphatic carbocycles. The average Bonchev–Trinajstić information content (AvgIpc) is 2.96. The fourth-order valence-corrected chi connectivity index (χ4v) is 2.86. The van der Waals surface area contributed by atoms with Gasteiger partial charge in [-0.2, -0.15) is 0 Å². The average molecular weight is 303 g/mol. The number of hydrogen-bond donors (Lipinski definition) is 1. The standard InChI is InChI=1S/C17H25N3O2/c1-16(2,21-3)15-18-17(22-19-15)9-11-20(12-10-17)13-14-7-5-4-6-8-14/h4-8H,9-13H2,1-3H3,(H,18,19). The van der Waals surface area contributed by atoms with E-state index in [9.17, 15) is 0 Å². The third-order valence-electron chi connectivity index (χ3n) is 4.62. The van der Waals surface area contributed by atoms with Crippen LogP contribution in [0.5, 0.6) is 0 Å². The zero-order valence-electron chi connectivity index (χ0n) is 13.6. The maximum atomic E-state index is 5.82. The normalized spacial score (nSPS) is 21.7. The largest absolute Gasteiger partial charge is 0.371 e. The lowest BCUT2D eigenvalue weighted by Crippen LogP contribution is -2.44. The van der Waals surface area contributed by atoms with Gasteiger partial charge in [0.05, 0.1) is 0 Å². The van der Waals surface area contributed by atoms with E-state index in [1.807, 2.05) is 13.8 Å². The summed E-state index contributed by atoms with van der Waals surface area (Å²) in [6, 6.07) is 10.6. The summed E-state index contributed by atoms with van der Waals surface area (Å²) in [5.41, 5.74) is 3.48. The van der Waals surface area contributed by atoms with Gasteiger partial charge in [0.25, 0.3) is 0 Å². The van der Waals surface area contributed by atoms with Crippen molar-refractivity contribution in [1.29, 1.82) is 0 Å². The summed E-state index contributed by atoms with van der Waals surface area (Å²) in [6.45, 7) is 6.95. The number of methoxy groups -OCH3 is 1. The molecule has 0 atom stereocenters. The van der Waals surface area contributed by atoms with Crippen molar-refractivity contribution < 1.29 is 9.57 Å². The number of piperidine rings is 1. The van der Waals surface area contributed by atoms with E-state index in [2.05, 4.69) is 40.7 Å². The Bertz CT molecular complexity index is 534. The minimum Gasteiger partial charge on any atom is -0.371 e. The van der Waals surface area contributed by atoms with Crippen LogP contribution in [-0.2, 0) is 16.1 Å². The minimum absolute atomic E-state index is 0.418. The molecule has 2 heterocycles.